The fourth-order valence-electron chi connectivity index (χ4n) is 2.28. The van der Waals surface area contributed by atoms with Crippen molar-refractivity contribution in [1.82, 2.24) is 0 Å². The Bertz CT molecular complexity index is 554. The molecule has 18 heavy (non-hydrogen) atoms. The number of carbonyl (C=O) groups excluding carboxylic acids is 2. The molecule has 1 aromatic rings. The molecule has 0 atom stereocenters. The summed E-state index contributed by atoms with van der Waals surface area (Å²) in [7, 11) is 0. The Kier molecular flexibility index (Phi) is 2.55. The van der Waals surface area contributed by atoms with Crippen LogP contribution < -0.4 is 4.90 Å². The Morgan fingerprint density at radius 3 is 2.67 bits per heavy atom. The normalized spacial score (nSPS) is 20.2. The maximum absolute atomic E-state index is 13.1. The number of carbonyl (C=O) groups is 2. The summed E-state index contributed by atoms with van der Waals surface area (Å²) >= 11 is 3.44. The first-order valence-electron chi connectivity index (χ1n) is 5.78. The van der Waals surface area contributed by atoms with E-state index in [1.807, 2.05) is 0 Å². The zero-order valence-electron chi connectivity index (χ0n) is 9.58. The third-order valence-electron chi connectivity index (χ3n) is 3.67. The summed E-state index contributed by atoms with van der Waals surface area (Å²) in [5, 5.41) is 0.814. The molecule has 1 amide bonds. The standard InChI is InChI=1S/C13H11BrFNO2/c14-6-13(3-4-13)7-16-10-2-1-8(15)5-9(10)11(17)12(16)18/h1-2,5H,3-4,6-7H2. The molecule has 5 heteroatoms. The number of amides is 1. The molecule has 0 saturated heterocycles. The lowest BCUT2D eigenvalue weighted by Gasteiger charge is -2.21. The first-order valence-corrected chi connectivity index (χ1v) is 6.90. The highest BCUT2D eigenvalue weighted by atomic mass is 79.9. The molecule has 0 radical (unpaired) electrons. The van der Waals surface area contributed by atoms with Crippen LogP contribution in [0.15, 0.2) is 18.2 Å². The number of rotatable bonds is 3. The summed E-state index contributed by atoms with van der Waals surface area (Å²) in [6, 6.07) is 3.94. The van der Waals surface area contributed by atoms with Gasteiger partial charge in [-0.1, -0.05) is 15.9 Å². The first kappa shape index (κ1) is 11.8. The average molecular weight is 312 g/mol. The zero-order valence-corrected chi connectivity index (χ0v) is 11.2. The van der Waals surface area contributed by atoms with Gasteiger partial charge in [0.05, 0.1) is 11.3 Å². The van der Waals surface area contributed by atoms with Crippen LogP contribution in [-0.2, 0) is 4.79 Å². The van der Waals surface area contributed by atoms with Crippen molar-refractivity contribution in [2.24, 2.45) is 5.41 Å². The minimum Gasteiger partial charge on any atom is -0.304 e. The van der Waals surface area contributed by atoms with Crippen molar-refractivity contribution in [2.45, 2.75) is 12.8 Å². The van der Waals surface area contributed by atoms with E-state index < -0.39 is 17.5 Å². The maximum Gasteiger partial charge on any atom is 0.299 e. The van der Waals surface area contributed by atoms with Gasteiger partial charge in [-0.15, -0.1) is 0 Å². The fraction of sp³-hybridized carbons (Fsp3) is 0.385. The number of nitrogens with zero attached hydrogens (tertiary/aromatic N) is 1. The van der Waals surface area contributed by atoms with Crippen LogP contribution in [0.3, 0.4) is 0 Å². The van der Waals surface area contributed by atoms with Crippen LogP contribution in [0.4, 0.5) is 10.1 Å². The minimum absolute atomic E-state index is 0.0892. The Morgan fingerprint density at radius 2 is 2.06 bits per heavy atom. The number of ketones is 1. The second-order valence-electron chi connectivity index (χ2n) is 5.02. The quantitative estimate of drug-likeness (QED) is 0.635. The Labute approximate surface area is 112 Å². The molecular formula is C13H11BrFNO2. The van der Waals surface area contributed by atoms with Crippen molar-refractivity contribution in [1.29, 1.82) is 0 Å². The van der Waals surface area contributed by atoms with Crippen molar-refractivity contribution in [2.75, 3.05) is 16.8 Å². The van der Waals surface area contributed by atoms with Gasteiger partial charge in [-0.25, -0.2) is 4.39 Å². The van der Waals surface area contributed by atoms with Crippen molar-refractivity contribution >= 4 is 33.3 Å². The summed E-state index contributed by atoms with van der Waals surface area (Å²) < 4.78 is 13.1. The number of anilines is 1. The van der Waals surface area contributed by atoms with Crippen LogP contribution in [-0.4, -0.2) is 23.6 Å². The fourth-order valence-corrected chi connectivity index (χ4v) is 3.01. The van der Waals surface area contributed by atoms with E-state index in [0.717, 1.165) is 24.2 Å². The molecule has 0 aromatic heterocycles. The lowest BCUT2D eigenvalue weighted by Crippen LogP contribution is -2.35. The van der Waals surface area contributed by atoms with E-state index >= 15 is 0 Å². The van der Waals surface area contributed by atoms with Gasteiger partial charge < -0.3 is 4.90 Å². The molecule has 1 heterocycles. The van der Waals surface area contributed by atoms with Crippen molar-refractivity contribution in [3.63, 3.8) is 0 Å². The van der Waals surface area contributed by atoms with Crippen LogP contribution in [0, 0.1) is 11.2 Å². The van der Waals surface area contributed by atoms with Crippen LogP contribution in [0.2, 0.25) is 0 Å². The van der Waals surface area contributed by atoms with Crippen LogP contribution in [0.1, 0.15) is 23.2 Å². The molecule has 2 aliphatic rings. The molecule has 94 valence electrons. The summed E-state index contributed by atoms with van der Waals surface area (Å²) in [4.78, 5) is 25.2. The van der Waals surface area contributed by atoms with Crippen LogP contribution in [0.25, 0.3) is 0 Å². The Balaban J connectivity index is 1.97. The van der Waals surface area contributed by atoms with Gasteiger partial charge in [-0.2, -0.15) is 0 Å². The van der Waals surface area contributed by atoms with Crippen molar-refractivity contribution in [3.8, 4) is 0 Å². The summed E-state index contributed by atoms with van der Waals surface area (Å²) in [6.07, 6.45) is 2.10. The largest absolute Gasteiger partial charge is 0.304 e. The highest BCUT2D eigenvalue weighted by molar-refractivity contribution is 9.09. The summed E-state index contributed by atoms with van der Waals surface area (Å²) in [5.74, 6) is -1.63. The van der Waals surface area contributed by atoms with E-state index in [9.17, 15) is 14.0 Å². The van der Waals surface area contributed by atoms with Gasteiger partial charge in [-0.05, 0) is 36.5 Å². The van der Waals surface area contributed by atoms with Gasteiger partial charge in [0.1, 0.15) is 5.82 Å². The van der Waals surface area contributed by atoms with E-state index in [4.69, 9.17) is 0 Å². The average Bonchev–Trinajstić information content (AvgIpc) is 3.11. The third kappa shape index (κ3) is 1.68. The molecule has 0 unspecified atom stereocenters. The SMILES string of the molecule is O=C1C(=O)N(CC2(CBr)CC2)c2ccc(F)cc21. The molecule has 1 fully saturated rings. The highest BCUT2D eigenvalue weighted by Crippen LogP contribution is 2.49. The highest BCUT2D eigenvalue weighted by Gasteiger charge is 2.47. The molecule has 0 N–H and O–H groups in total. The van der Waals surface area contributed by atoms with Crippen molar-refractivity contribution < 1.29 is 14.0 Å². The molecule has 0 bridgehead atoms. The van der Waals surface area contributed by atoms with Gasteiger partial charge in [0.25, 0.3) is 11.7 Å². The van der Waals surface area contributed by atoms with Gasteiger partial charge in [0.2, 0.25) is 0 Å². The minimum atomic E-state index is -0.602. The zero-order chi connectivity index (χ0) is 12.9. The smallest absolute Gasteiger partial charge is 0.299 e. The molecule has 3 rings (SSSR count). The predicted molar refractivity (Wildman–Crippen MR) is 68.5 cm³/mol. The topological polar surface area (TPSA) is 37.4 Å². The molecule has 1 aliphatic carbocycles. The summed E-state index contributed by atoms with van der Waals surface area (Å²) in [6.45, 7) is 0.529. The van der Waals surface area contributed by atoms with Gasteiger partial charge in [0, 0.05) is 11.9 Å². The number of halogens is 2. The van der Waals surface area contributed by atoms with Crippen LogP contribution in [0.5, 0.6) is 0 Å². The molecule has 3 nitrogen and oxygen atoms in total. The van der Waals surface area contributed by atoms with E-state index in [2.05, 4.69) is 15.9 Å². The second-order valence-corrected chi connectivity index (χ2v) is 5.58. The second kappa shape index (κ2) is 3.88. The maximum atomic E-state index is 13.1. The molecule has 1 aromatic carbocycles. The molecule has 1 aliphatic heterocycles. The van der Waals surface area contributed by atoms with Gasteiger partial charge >= 0.3 is 0 Å². The number of Topliss-reactive ketones (excluding diaryl/α,β-unsaturated/α-hetero) is 1. The van der Waals surface area contributed by atoms with Crippen LogP contribution >= 0.6 is 15.9 Å². The van der Waals surface area contributed by atoms with E-state index in [1.54, 1.807) is 0 Å². The number of hydrogen-bond acceptors (Lipinski definition) is 2. The van der Waals surface area contributed by atoms with Gasteiger partial charge in [-0.3, -0.25) is 9.59 Å². The lowest BCUT2D eigenvalue weighted by molar-refractivity contribution is -0.114. The predicted octanol–water partition coefficient (Wildman–Crippen LogP) is 2.53. The molecule has 0 spiro atoms. The summed E-state index contributed by atoms with van der Waals surface area (Å²) in [5.41, 5.74) is 0.815. The van der Waals surface area contributed by atoms with Gasteiger partial charge in [0.15, 0.2) is 0 Å². The number of hydrogen-bond donors (Lipinski definition) is 0. The molecular weight excluding hydrogens is 301 g/mol. The monoisotopic (exact) mass is 311 g/mol. The Hall–Kier alpha value is -1.23. The van der Waals surface area contributed by atoms with Crippen molar-refractivity contribution in [3.05, 3.63) is 29.6 Å². The Morgan fingerprint density at radius 1 is 1.33 bits per heavy atom. The number of benzene rings is 1. The van der Waals surface area contributed by atoms with E-state index in [1.165, 1.54) is 17.0 Å². The number of alkyl halides is 1. The number of fused-ring (bicyclic) bond motifs is 1. The molecule has 1 saturated carbocycles. The lowest BCUT2D eigenvalue weighted by atomic mass is 10.1. The van der Waals surface area contributed by atoms with E-state index in [0.29, 0.717) is 12.2 Å². The third-order valence-corrected chi connectivity index (χ3v) is 4.86. The van der Waals surface area contributed by atoms with E-state index in [-0.39, 0.29) is 11.0 Å². The first-order chi connectivity index (χ1) is 8.56.